The van der Waals surface area contributed by atoms with Gasteiger partial charge in [-0.15, -0.1) is 0 Å². The average molecular weight is 292 g/mol. The van der Waals surface area contributed by atoms with Crippen LogP contribution >= 0.6 is 0 Å². The van der Waals surface area contributed by atoms with E-state index in [2.05, 4.69) is 58.8 Å². The molecular formula is C17H28N2O2. The molecule has 0 fully saturated rings. The molecule has 2 heterocycles. The Morgan fingerprint density at radius 1 is 0.810 bits per heavy atom. The standard InChI is InChI=1S/C9H15NO.C8H13NO/c1-6(2)8-5-11-10-9(8)7(3)4;1-4-8-7(6(2)3)5-10-9-8/h5-7H,1-4H3;5-6H,4H2,1-3H3. The van der Waals surface area contributed by atoms with Crippen LogP contribution in [0.1, 0.15) is 88.7 Å². The zero-order chi connectivity index (χ0) is 16.0. The molecule has 0 aliphatic rings. The van der Waals surface area contributed by atoms with Crippen molar-refractivity contribution in [2.45, 2.75) is 72.6 Å². The lowest BCUT2D eigenvalue weighted by Crippen LogP contribution is -1.95. The highest BCUT2D eigenvalue weighted by Gasteiger charge is 2.13. The molecule has 4 nitrogen and oxygen atoms in total. The molecule has 0 atom stereocenters. The van der Waals surface area contributed by atoms with Gasteiger partial charge >= 0.3 is 0 Å². The maximum atomic E-state index is 4.92. The van der Waals surface area contributed by atoms with Gasteiger partial charge < -0.3 is 9.05 Å². The molecule has 118 valence electrons. The van der Waals surface area contributed by atoms with E-state index < -0.39 is 0 Å². The molecule has 2 rings (SSSR count). The van der Waals surface area contributed by atoms with Crippen molar-refractivity contribution in [1.82, 2.24) is 10.3 Å². The molecule has 0 saturated carbocycles. The van der Waals surface area contributed by atoms with Crippen molar-refractivity contribution in [1.29, 1.82) is 0 Å². The highest BCUT2D eigenvalue weighted by Crippen LogP contribution is 2.24. The summed E-state index contributed by atoms with van der Waals surface area (Å²) in [5, 5.41) is 7.84. The lowest BCUT2D eigenvalue weighted by atomic mass is 9.98. The van der Waals surface area contributed by atoms with Crippen LogP contribution in [0.3, 0.4) is 0 Å². The Kier molecular flexibility index (Phi) is 6.66. The van der Waals surface area contributed by atoms with Crippen LogP contribution in [-0.4, -0.2) is 10.3 Å². The van der Waals surface area contributed by atoms with E-state index in [9.17, 15) is 0 Å². The average Bonchev–Trinajstić information content (AvgIpc) is 3.08. The summed E-state index contributed by atoms with van der Waals surface area (Å²) in [6.45, 7) is 14.9. The van der Waals surface area contributed by atoms with Crippen LogP contribution in [0.15, 0.2) is 21.6 Å². The van der Waals surface area contributed by atoms with E-state index in [1.54, 1.807) is 12.5 Å². The van der Waals surface area contributed by atoms with E-state index in [1.807, 2.05) is 0 Å². The van der Waals surface area contributed by atoms with Crippen molar-refractivity contribution >= 4 is 0 Å². The fourth-order valence-corrected chi connectivity index (χ4v) is 2.13. The van der Waals surface area contributed by atoms with Gasteiger partial charge in [-0.3, -0.25) is 0 Å². The third-order valence-electron chi connectivity index (χ3n) is 3.43. The smallest absolute Gasteiger partial charge is 0.127 e. The Hall–Kier alpha value is -1.58. The first-order chi connectivity index (χ1) is 9.88. The molecule has 0 aliphatic carbocycles. The van der Waals surface area contributed by atoms with Crippen LogP contribution in [-0.2, 0) is 6.42 Å². The van der Waals surface area contributed by atoms with Gasteiger partial charge in [0.1, 0.15) is 12.5 Å². The van der Waals surface area contributed by atoms with Crippen LogP contribution in [0.25, 0.3) is 0 Å². The molecule has 0 aliphatic heterocycles. The number of nitrogens with zero attached hydrogens (tertiary/aromatic N) is 2. The molecule has 4 heteroatoms. The minimum atomic E-state index is 0.464. The fourth-order valence-electron chi connectivity index (χ4n) is 2.13. The van der Waals surface area contributed by atoms with Gasteiger partial charge in [0.05, 0.1) is 11.4 Å². The highest BCUT2D eigenvalue weighted by atomic mass is 16.5. The summed E-state index contributed by atoms with van der Waals surface area (Å²) in [4.78, 5) is 0. The van der Waals surface area contributed by atoms with Crippen LogP contribution < -0.4 is 0 Å². The second kappa shape index (κ2) is 8.01. The molecule has 0 spiro atoms. The van der Waals surface area contributed by atoms with Gasteiger partial charge in [-0.25, -0.2) is 0 Å². The summed E-state index contributed by atoms with van der Waals surface area (Å²) in [7, 11) is 0. The lowest BCUT2D eigenvalue weighted by Gasteiger charge is -2.05. The van der Waals surface area contributed by atoms with Crippen LogP contribution in [0.5, 0.6) is 0 Å². The van der Waals surface area contributed by atoms with Gasteiger partial charge in [0.15, 0.2) is 0 Å². The third kappa shape index (κ3) is 4.73. The van der Waals surface area contributed by atoms with Crippen molar-refractivity contribution in [2.75, 3.05) is 0 Å². The van der Waals surface area contributed by atoms with Crippen molar-refractivity contribution in [3.05, 3.63) is 35.0 Å². The third-order valence-corrected chi connectivity index (χ3v) is 3.43. The molecule has 0 N–H and O–H groups in total. The predicted octanol–water partition coefficient (Wildman–Crippen LogP) is 5.28. The zero-order valence-corrected chi connectivity index (χ0v) is 14.3. The van der Waals surface area contributed by atoms with E-state index in [-0.39, 0.29) is 0 Å². The van der Waals surface area contributed by atoms with Gasteiger partial charge in [-0.05, 0) is 24.2 Å². The van der Waals surface area contributed by atoms with Crippen molar-refractivity contribution in [3.8, 4) is 0 Å². The van der Waals surface area contributed by atoms with Crippen molar-refractivity contribution < 1.29 is 9.05 Å². The monoisotopic (exact) mass is 292 g/mol. The van der Waals surface area contributed by atoms with Crippen LogP contribution in [0, 0.1) is 0 Å². The number of aryl methyl sites for hydroxylation is 1. The largest absolute Gasteiger partial charge is 0.364 e. The molecule has 2 aromatic rings. The summed E-state index contributed by atoms with van der Waals surface area (Å²) >= 11 is 0. The van der Waals surface area contributed by atoms with E-state index in [4.69, 9.17) is 9.05 Å². The minimum Gasteiger partial charge on any atom is -0.364 e. The second-order valence-electron chi connectivity index (χ2n) is 6.19. The van der Waals surface area contributed by atoms with E-state index >= 15 is 0 Å². The molecule has 0 aromatic carbocycles. The normalized spacial score (nSPS) is 11.1. The summed E-state index contributed by atoms with van der Waals surface area (Å²) < 4.78 is 9.77. The number of rotatable bonds is 4. The van der Waals surface area contributed by atoms with Gasteiger partial charge in [0.25, 0.3) is 0 Å². The Morgan fingerprint density at radius 2 is 1.33 bits per heavy atom. The van der Waals surface area contributed by atoms with Gasteiger partial charge in [-0.1, -0.05) is 58.8 Å². The molecule has 0 unspecified atom stereocenters. The summed E-state index contributed by atoms with van der Waals surface area (Å²) in [5.41, 5.74) is 4.66. The molecule has 21 heavy (non-hydrogen) atoms. The van der Waals surface area contributed by atoms with Crippen LogP contribution in [0.4, 0.5) is 0 Å². The summed E-state index contributed by atoms with van der Waals surface area (Å²) in [6.07, 6.45) is 4.45. The topological polar surface area (TPSA) is 52.1 Å². The number of hydrogen-bond acceptors (Lipinski definition) is 4. The zero-order valence-electron chi connectivity index (χ0n) is 14.3. The van der Waals surface area contributed by atoms with Crippen molar-refractivity contribution in [3.63, 3.8) is 0 Å². The van der Waals surface area contributed by atoms with E-state index in [1.165, 1.54) is 11.1 Å². The van der Waals surface area contributed by atoms with E-state index in [0.717, 1.165) is 17.8 Å². The minimum absolute atomic E-state index is 0.464. The van der Waals surface area contributed by atoms with Crippen LogP contribution in [0.2, 0.25) is 0 Å². The molecule has 0 radical (unpaired) electrons. The first-order valence-electron chi connectivity index (χ1n) is 7.75. The van der Waals surface area contributed by atoms with Gasteiger partial charge in [0.2, 0.25) is 0 Å². The Bertz CT molecular complexity index is 502. The maximum absolute atomic E-state index is 4.92. The van der Waals surface area contributed by atoms with Crippen molar-refractivity contribution in [2.24, 2.45) is 0 Å². The second-order valence-corrected chi connectivity index (χ2v) is 6.19. The molecule has 2 aromatic heterocycles. The Morgan fingerprint density at radius 3 is 1.71 bits per heavy atom. The predicted molar refractivity (Wildman–Crippen MR) is 84.7 cm³/mol. The van der Waals surface area contributed by atoms with Gasteiger partial charge in [0, 0.05) is 11.1 Å². The quantitative estimate of drug-likeness (QED) is 0.769. The van der Waals surface area contributed by atoms with E-state index in [0.29, 0.717) is 17.8 Å². The first kappa shape index (κ1) is 17.5. The Balaban J connectivity index is 0.000000211. The molecular weight excluding hydrogens is 264 g/mol. The first-order valence-corrected chi connectivity index (χ1v) is 7.75. The highest BCUT2D eigenvalue weighted by molar-refractivity contribution is 5.21. The maximum Gasteiger partial charge on any atom is 0.127 e. The number of aromatic nitrogens is 2. The molecule has 0 saturated heterocycles. The van der Waals surface area contributed by atoms with Gasteiger partial charge in [-0.2, -0.15) is 0 Å². The molecule has 0 amide bonds. The fraction of sp³-hybridized carbons (Fsp3) is 0.647. The number of hydrogen-bond donors (Lipinski definition) is 0. The Labute approximate surface area is 127 Å². The lowest BCUT2D eigenvalue weighted by molar-refractivity contribution is 0.408. The summed E-state index contributed by atoms with van der Waals surface area (Å²) in [6, 6.07) is 0. The molecule has 0 bridgehead atoms. The summed E-state index contributed by atoms with van der Waals surface area (Å²) in [5.74, 6) is 1.51. The SMILES string of the molecule is CC(C)c1conc1C(C)C.CCc1nocc1C(C)C.